The number of nitrogens with one attached hydrogen (secondary N) is 2. The van der Waals surface area contributed by atoms with Crippen molar-refractivity contribution in [2.24, 2.45) is 5.92 Å². The van der Waals surface area contributed by atoms with E-state index in [1.165, 1.54) is 6.20 Å². The summed E-state index contributed by atoms with van der Waals surface area (Å²) in [5, 5.41) is 16.3. The molecule has 190 valence electrons. The standard InChI is InChI=1S/C28H30N6O3/c1-32-17-25(30-31-32)22-14-23(22)26-24(28(36)37)15-29-34(26)21-11-5-9-19(13-21)20-10-6-12-33(16-20)27(35)18-7-3-2-4-8-18/h2-5,7-9,11,13,15,17,20,22-23,30-31H,6,10,12,14,16H2,1H3,(H,36,37)/t20?,22-,23-/m1/s1. The Bertz CT molecular complexity index is 1370. The van der Waals surface area contributed by atoms with Gasteiger partial charge in [-0.1, -0.05) is 30.3 Å². The molecular formula is C28H30N6O3. The Labute approximate surface area is 215 Å². The summed E-state index contributed by atoms with van der Waals surface area (Å²) in [5.74, 6) is -0.406. The van der Waals surface area contributed by atoms with Crippen LogP contribution in [0.3, 0.4) is 0 Å². The van der Waals surface area contributed by atoms with E-state index in [0.29, 0.717) is 12.1 Å². The third-order valence-corrected chi connectivity index (χ3v) is 7.60. The Morgan fingerprint density at radius 2 is 1.92 bits per heavy atom. The van der Waals surface area contributed by atoms with Gasteiger partial charge in [0.05, 0.1) is 17.6 Å². The molecule has 3 aliphatic rings. The SMILES string of the molecule is CN1C=C([C@@H]2C[C@H]2c2c(C(=O)O)cnn2-c2cccc(C3CCCN(C(=O)c4ccccc4)C3)c2)NN1. The van der Waals surface area contributed by atoms with Crippen molar-refractivity contribution in [2.45, 2.75) is 31.1 Å². The number of aromatic nitrogens is 2. The predicted molar refractivity (Wildman–Crippen MR) is 138 cm³/mol. The summed E-state index contributed by atoms with van der Waals surface area (Å²) in [6.45, 7) is 1.42. The van der Waals surface area contributed by atoms with Gasteiger partial charge in [-0.3, -0.25) is 9.80 Å². The Kier molecular flexibility index (Phi) is 5.92. The summed E-state index contributed by atoms with van der Waals surface area (Å²) < 4.78 is 1.79. The lowest BCUT2D eigenvalue weighted by Gasteiger charge is -2.33. The van der Waals surface area contributed by atoms with Crippen LogP contribution in [0.5, 0.6) is 0 Å². The van der Waals surface area contributed by atoms with Gasteiger partial charge in [-0.15, -0.1) is 5.53 Å². The van der Waals surface area contributed by atoms with Crippen molar-refractivity contribution in [2.75, 3.05) is 20.1 Å². The Balaban J connectivity index is 1.26. The van der Waals surface area contributed by atoms with Crippen molar-refractivity contribution in [3.63, 3.8) is 0 Å². The van der Waals surface area contributed by atoms with Crippen LogP contribution in [-0.2, 0) is 0 Å². The zero-order valence-corrected chi connectivity index (χ0v) is 20.7. The highest BCUT2D eigenvalue weighted by molar-refractivity contribution is 5.94. The van der Waals surface area contributed by atoms with E-state index < -0.39 is 5.97 Å². The molecule has 6 rings (SSSR count). The topological polar surface area (TPSA) is 103 Å². The quantitative estimate of drug-likeness (QED) is 0.478. The lowest BCUT2D eigenvalue weighted by atomic mass is 9.90. The van der Waals surface area contributed by atoms with Crippen molar-refractivity contribution in [3.05, 3.63) is 95.1 Å². The maximum atomic E-state index is 13.1. The number of carbonyl (C=O) groups excluding carboxylic acids is 1. The summed E-state index contributed by atoms with van der Waals surface area (Å²) in [6, 6.07) is 17.6. The summed E-state index contributed by atoms with van der Waals surface area (Å²) in [6.07, 6.45) is 6.26. The van der Waals surface area contributed by atoms with E-state index in [1.54, 1.807) is 4.68 Å². The monoisotopic (exact) mass is 498 g/mol. The minimum Gasteiger partial charge on any atom is -0.478 e. The highest BCUT2D eigenvalue weighted by Crippen LogP contribution is 2.52. The van der Waals surface area contributed by atoms with Gasteiger partial charge in [0.1, 0.15) is 5.56 Å². The van der Waals surface area contributed by atoms with Crippen LogP contribution in [0.1, 0.15) is 63.1 Å². The lowest BCUT2D eigenvalue weighted by Crippen LogP contribution is -2.39. The van der Waals surface area contributed by atoms with E-state index >= 15 is 0 Å². The molecule has 1 amide bonds. The highest BCUT2D eigenvalue weighted by Gasteiger charge is 2.46. The molecule has 3 aromatic rings. The van der Waals surface area contributed by atoms with Crippen LogP contribution in [0.4, 0.5) is 0 Å². The van der Waals surface area contributed by atoms with Gasteiger partial charge in [0.2, 0.25) is 0 Å². The van der Waals surface area contributed by atoms with E-state index in [4.69, 9.17) is 0 Å². The highest BCUT2D eigenvalue weighted by atomic mass is 16.4. The zero-order chi connectivity index (χ0) is 25.5. The van der Waals surface area contributed by atoms with Crippen LogP contribution in [0.15, 0.2) is 72.7 Å². The number of carboxylic acid groups (broad SMARTS) is 1. The van der Waals surface area contributed by atoms with E-state index in [-0.39, 0.29) is 29.2 Å². The number of benzene rings is 2. The molecule has 1 aromatic heterocycles. The van der Waals surface area contributed by atoms with Crippen LogP contribution in [0, 0.1) is 5.92 Å². The molecule has 0 bridgehead atoms. The fourth-order valence-electron chi connectivity index (χ4n) is 5.65. The van der Waals surface area contributed by atoms with Gasteiger partial charge in [-0.05, 0) is 49.1 Å². The lowest BCUT2D eigenvalue weighted by molar-refractivity contribution is 0.0691. The average molecular weight is 499 g/mol. The minimum atomic E-state index is -0.964. The van der Waals surface area contributed by atoms with Crippen molar-refractivity contribution in [1.82, 2.24) is 30.6 Å². The molecule has 9 heteroatoms. The Morgan fingerprint density at radius 3 is 2.68 bits per heavy atom. The Morgan fingerprint density at radius 1 is 1.08 bits per heavy atom. The van der Waals surface area contributed by atoms with Gasteiger partial charge >= 0.3 is 5.97 Å². The molecule has 1 saturated heterocycles. The molecule has 1 aliphatic carbocycles. The number of amides is 1. The van der Waals surface area contributed by atoms with E-state index in [2.05, 4.69) is 28.2 Å². The largest absolute Gasteiger partial charge is 0.478 e. The van der Waals surface area contributed by atoms with E-state index in [9.17, 15) is 14.7 Å². The van der Waals surface area contributed by atoms with Gasteiger partial charge in [-0.2, -0.15) is 5.10 Å². The molecule has 2 aliphatic heterocycles. The average Bonchev–Trinajstić information content (AvgIpc) is 3.37. The van der Waals surface area contributed by atoms with Crippen molar-refractivity contribution in [3.8, 4) is 5.69 Å². The molecule has 0 spiro atoms. The van der Waals surface area contributed by atoms with Gasteiger partial charge < -0.3 is 15.4 Å². The fourth-order valence-corrected chi connectivity index (χ4v) is 5.65. The minimum absolute atomic E-state index is 0.0663. The first kappa shape index (κ1) is 23.3. The van der Waals surface area contributed by atoms with Crippen LogP contribution in [0.2, 0.25) is 0 Å². The molecule has 3 atom stereocenters. The third-order valence-electron chi connectivity index (χ3n) is 7.60. The number of carbonyl (C=O) groups is 2. The van der Waals surface area contributed by atoms with Crippen LogP contribution in [-0.4, -0.2) is 56.8 Å². The second kappa shape index (κ2) is 9.40. The fraction of sp³-hybridized carbons (Fsp3) is 0.321. The number of hydrogen-bond acceptors (Lipinski definition) is 6. The second-order valence-corrected chi connectivity index (χ2v) is 10.1. The van der Waals surface area contributed by atoms with Crippen molar-refractivity contribution >= 4 is 11.9 Å². The molecule has 2 fully saturated rings. The van der Waals surface area contributed by atoms with Crippen LogP contribution < -0.4 is 11.0 Å². The number of rotatable bonds is 6. The molecule has 3 heterocycles. The maximum absolute atomic E-state index is 13.1. The zero-order valence-electron chi connectivity index (χ0n) is 20.7. The summed E-state index contributed by atoms with van der Waals surface area (Å²) in [7, 11) is 1.91. The Hall–Kier alpha value is -4.11. The predicted octanol–water partition coefficient (Wildman–Crippen LogP) is 3.49. The number of allylic oxidation sites excluding steroid dienone is 1. The second-order valence-electron chi connectivity index (χ2n) is 10.1. The van der Waals surface area contributed by atoms with Crippen LogP contribution in [0.25, 0.3) is 5.69 Å². The molecule has 37 heavy (non-hydrogen) atoms. The maximum Gasteiger partial charge on any atom is 0.339 e. The molecule has 0 radical (unpaired) electrons. The molecular weight excluding hydrogens is 468 g/mol. The number of carboxylic acids is 1. The number of hydrazine groups is 2. The summed E-state index contributed by atoms with van der Waals surface area (Å²) >= 11 is 0. The van der Waals surface area contributed by atoms with E-state index in [0.717, 1.165) is 48.4 Å². The van der Waals surface area contributed by atoms with Gasteiger partial charge in [0.25, 0.3) is 5.91 Å². The van der Waals surface area contributed by atoms with Gasteiger partial charge in [0, 0.05) is 55.4 Å². The number of hydrogen-bond donors (Lipinski definition) is 3. The number of likely N-dealkylation sites (tertiary alicyclic amines) is 1. The normalized spacial score (nSPS) is 22.9. The van der Waals surface area contributed by atoms with Crippen molar-refractivity contribution in [1.29, 1.82) is 0 Å². The molecule has 9 nitrogen and oxygen atoms in total. The smallest absolute Gasteiger partial charge is 0.339 e. The number of nitrogens with zero attached hydrogens (tertiary/aromatic N) is 4. The van der Waals surface area contributed by atoms with E-state index in [1.807, 2.05) is 65.6 Å². The third kappa shape index (κ3) is 4.46. The first-order valence-electron chi connectivity index (χ1n) is 12.7. The summed E-state index contributed by atoms with van der Waals surface area (Å²) in [5.41, 5.74) is 10.9. The van der Waals surface area contributed by atoms with Crippen molar-refractivity contribution < 1.29 is 14.7 Å². The molecule has 2 aromatic carbocycles. The molecule has 3 N–H and O–H groups in total. The molecule has 1 unspecified atom stereocenters. The summed E-state index contributed by atoms with van der Waals surface area (Å²) in [4.78, 5) is 27.1. The van der Waals surface area contributed by atoms with Gasteiger partial charge in [0.15, 0.2) is 0 Å². The molecule has 1 saturated carbocycles. The van der Waals surface area contributed by atoms with Crippen LogP contribution >= 0.6 is 0 Å². The van der Waals surface area contributed by atoms with Gasteiger partial charge in [-0.25, -0.2) is 9.48 Å². The number of piperidine rings is 1. The first-order chi connectivity index (χ1) is 18.0. The number of aromatic carboxylic acids is 1. The first-order valence-corrected chi connectivity index (χ1v) is 12.7.